The van der Waals surface area contributed by atoms with Crippen LogP contribution in [0.15, 0.2) is 42.7 Å². The van der Waals surface area contributed by atoms with Crippen LogP contribution >= 0.6 is 22.9 Å². The topological polar surface area (TPSA) is 92.4 Å². The molecule has 2 amide bonds. The van der Waals surface area contributed by atoms with Gasteiger partial charge in [0, 0.05) is 35.5 Å². The lowest BCUT2D eigenvalue weighted by atomic mass is 10.0. The van der Waals surface area contributed by atoms with Gasteiger partial charge in [-0.15, -0.1) is 11.3 Å². The van der Waals surface area contributed by atoms with E-state index in [4.69, 9.17) is 17.3 Å². The Morgan fingerprint density at radius 3 is 2.85 bits per heavy atom. The van der Waals surface area contributed by atoms with Gasteiger partial charge in [-0.2, -0.15) is 0 Å². The maximum absolute atomic E-state index is 13.5. The number of hydrogen-bond donors (Lipinski definition) is 1. The number of aromatic nitrogens is 2. The van der Waals surface area contributed by atoms with E-state index in [2.05, 4.69) is 9.97 Å². The summed E-state index contributed by atoms with van der Waals surface area (Å²) < 4.78 is 0.672. The number of carbonyl (C=O) groups is 2. The molecule has 3 heterocycles. The van der Waals surface area contributed by atoms with Crippen molar-refractivity contribution in [2.24, 2.45) is 0 Å². The average molecular weight is 484 g/mol. The first kappa shape index (κ1) is 23.2. The molecule has 0 unspecified atom stereocenters. The number of fused-ring (bicyclic) bond motifs is 1. The molecule has 1 aliphatic rings. The van der Waals surface area contributed by atoms with Gasteiger partial charge < -0.3 is 15.5 Å². The van der Waals surface area contributed by atoms with Crippen LogP contribution in [-0.4, -0.2) is 50.2 Å². The van der Waals surface area contributed by atoms with Crippen molar-refractivity contribution in [2.45, 2.75) is 45.3 Å². The molecule has 1 aromatic carbocycles. The minimum absolute atomic E-state index is 0.0289. The summed E-state index contributed by atoms with van der Waals surface area (Å²) in [4.78, 5) is 39.3. The van der Waals surface area contributed by atoms with Crippen LogP contribution in [0.4, 0.5) is 5.82 Å². The van der Waals surface area contributed by atoms with Crippen LogP contribution in [0.5, 0.6) is 0 Å². The number of amides is 2. The Balaban J connectivity index is 1.53. The minimum Gasteiger partial charge on any atom is -0.383 e. The molecule has 0 saturated carbocycles. The van der Waals surface area contributed by atoms with Gasteiger partial charge in [0.05, 0.1) is 9.85 Å². The van der Waals surface area contributed by atoms with E-state index >= 15 is 0 Å². The lowest BCUT2D eigenvalue weighted by Crippen LogP contribution is -2.61. The molecule has 172 valence electrons. The Labute approximate surface area is 201 Å². The van der Waals surface area contributed by atoms with Crippen LogP contribution in [0.2, 0.25) is 4.34 Å². The summed E-state index contributed by atoms with van der Waals surface area (Å²) in [6.45, 7) is 4.93. The summed E-state index contributed by atoms with van der Waals surface area (Å²) in [5.41, 5.74) is 7.64. The summed E-state index contributed by atoms with van der Waals surface area (Å²) in [6.07, 6.45) is 6.15. The number of rotatable bonds is 6. The molecule has 7 nitrogen and oxygen atoms in total. The molecule has 9 heteroatoms. The summed E-state index contributed by atoms with van der Waals surface area (Å²) in [5, 5.41) is 0.790. The Bertz CT molecular complexity index is 1210. The third kappa shape index (κ3) is 5.02. The van der Waals surface area contributed by atoms with Crippen LogP contribution in [0.1, 0.15) is 37.1 Å². The average Bonchev–Trinajstić information content (AvgIpc) is 3.22. The predicted octanol–water partition coefficient (Wildman–Crippen LogP) is 4.37. The van der Waals surface area contributed by atoms with Crippen molar-refractivity contribution >= 4 is 57.5 Å². The Morgan fingerprint density at radius 1 is 1.30 bits per heavy atom. The molecule has 2 atom stereocenters. The van der Waals surface area contributed by atoms with Gasteiger partial charge in [-0.25, -0.2) is 9.97 Å². The predicted molar refractivity (Wildman–Crippen MR) is 133 cm³/mol. The summed E-state index contributed by atoms with van der Waals surface area (Å²) >= 11 is 7.38. The highest BCUT2D eigenvalue weighted by molar-refractivity contribution is 7.17. The Morgan fingerprint density at radius 2 is 2.12 bits per heavy atom. The van der Waals surface area contributed by atoms with Crippen molar-refractivity contribution in [2.75, 3.05) is 12.3 Å². The van der Waals surface area contributed by atoms with Crippen molar-refractivity contribution in [1.82, 2.24) is 19.8 Å². The fraction of sp³-hybridized carbons (Fsp3) is 0.333. The van der Waals surface area contributed by atoms with Gasteiger partial charge in [-0.3, -0.25) is 9.59 Å². The van der Waals surface area contributed by atoms with Crippen molar-refractivity contribution in [1.29, 1.82) is 0 Å². The maximum atomic E-state index is 13.5. The van der Waals surface area contributed by atoms with E-state index in [1.54, 1.807) is 17.0 Å². The van der Waals surface area contributed by atoms with E-state index in [1.807, 2.05) is 43.0 Å². The lowest BCUT2D eigenvalue weighted by Gasteiger charge is -2.44. The standard InChI is InChI=1S/C24H26ClN5O2S/c1-3-4-20-24(32)29(13-16-5-8-18-19(11-16)27-14-28-23(18)26)15(2)12-30(20)22(31)10-7-17-6-9-21(25)33-17/h5-11,14-15,20H,3-4,12-13H2,1-2H3,(H2,26,27,28)/t15-,20+/m1/s1. The van der Waals surface area contributed by atoms with E-state index in [0.717, 1.165) is 27.8 Å². The Hall–Kier alpha value is -2.97. The molecule has 1 aliphatic heterocycles. The second kappa shape index (κ2) is 9.89. The number of piperazine rings is 1. The summed E-state index contributed by atoms with van der Waals surface area (Å²) in [6, 6.07) is 8.85. The fourth-order valence-electron chi connectivity index (χ4n) is 4.17. The monoisotopic (exact) mass is 483 g/mol. The highest BCUT2D eigenvalue weighted by Crippen LogP contribution is 2.26. The van der Waals surface area contributed by atoms with E-state index in [1.165, 1.54) is 23.7 Å². The molecular weight excluding hydrogens is 458 g/mol. The highest BCUT2D eigenvalue weighted by atomic mass is 35.5. The number of anilines is 1. The van der Waals surface area contributed by atoms with E-state index < -0.39 is 6.04 Å². The highest BCUT2D eigenvalue weighted by Gasteiger charge is 2.39. The number of nitrogens with zero attached hydrogens (tertiary/aromatic N) is 4. The first-order valence-corrected chi connectivity index (χ1v) is 12.1. The molecule has 2 aromatic heterocycles. The number of halogens is 1. The van der Waals surface area contributed by atoms with Gasteiger partial charge in [0.2, 0.25) is 11.8 Å². The van der Waals surface area contributed by atoms with Crippen LogP contribution in [0.3, 0.4) is 0 Å². The number of hydrogen-bond acceptors (Lipinski definition) is 6. The summed E-state index contributed by atoms with van der Waals surface area (Å²) in [5.74, 6) is 0.249. The van der Waals surface area contributed by atoms with E-state index in [0.29, 0.717) is 29.7 Å². The number of nitrogens with two attached hydrogens (primary N) is 1. The quantitative estimate of drug-likeness (QED) is 0.525. The van der Waals surface area contributed by atoms with E-state index in [-0.39, 0.29) is 17.9 Å². The molecule has 3 aromatic rings. The number of nitrogen functional groups attached to an aromatic ring is 1. The zero-order chi connectivity index (χ0) is 23.5. The van der Waals surface area contributed by atoms with Gasteiger partial charge in [-0.1, -0.05) is 31.0 Å². The first-order chi connectivity index (χ1) is 15.9. The number of carbonyl (C=O) groups excluding carboxylic acids is 2. The van der Waals surface area contributed by atoms with Gasteiger partial charge >= 0.3 is 0 Å². The first-order valence-electron chi connectivity index (χ1n) is 10.9. The number of benzene rings is 1. The fourth-order valence-corrected chi connectivity index (χ4v) is 5.13. The zero-order valence-electron chi connectivity index (χ0n) is 18.6. The van der Waals surface area contributed by atoms with Gasteiger partial charge in [0.1, 0.15) is 18.2 Å². The lowest BCUT2D eigenvalue weighted by molar-refractivity contribution is -0.153. The van der Waals surface area contributed by atoms with E-state index in [9.17, 15) is 9.59 Å². The van der Waals surface area contributed by atoms with Crippen LogP contribution in [0, 0.1) is 0 Å². The molecule has 4 rings (SSSR count). The molecule has 1 fully saturated rings. The second-order valence-corrected chi connectivity index (χ2v) is 9.94. The molecule has 1 saturated heterocycles. The van der Waals surface area contributed by atoms with Crippen LogP contribution < -0.4 is 5.73 Å². The minimum atomic E-state index is -0.478. The maximum Gasteiger partial charge on any atom is 0.247 e. The molecule has 33 heavy (non-hydrogen) atoms. The van der Waals surface area contributed by atoms with Gasteiger partial charge in [0.15, 0.2) is 0 Å². The SMILES string of the molecule is CCC[C@H]1C(=O)N(Cc2ccc3c(N)ncnc3c2)[C@H](C)CN1C(=O)C=Cc1ccc(Cl)s1. The molecule has 0 spiro atoms. The second-order valence-electron chi connectivity index (χ2n) is 8.20. The Kier molecular flexibility index (Phi) is 6.95. The number of thiophene rings is 1. The molecule has 0 bridgehead atoms. The van der Waals surface area contributed by atoms with Crippen LogP contribution in [-0.2, 0) is 16.1 Å². The molecule has 0 radical (unpaired) electrons. The molecule has 0 aliphatic carbocycles. The smallest absolute Gasteiger partial charge is 0.247 e. The van der Waals surface area contributed by atoms with Crippen molar-refractivity contribution in [3.8, 4) is 0 Å². The van der Waals surface area contributed by atoms with Gasteiger partial charge in [0.25, 0.3) is 0 Å². The third-order valence-electron chi connectivity index (χ3n) is 5.85. The summed E-state index contributed by atoms with van der Waals surface area (Å²) in [7, 11) is 0. The van der Waals surface area contributed by atoms with Gasteiger partial charge in [-0.05, 0) is 49.2 Å². The third-order valence-corrected chi connectivity index (χ3v) is 7.05. The molecule has 2 N–H and O–H groups in total. The zero-order valence-corrected chi connectivity index (χ0v) is 20.1. The van der Waals surface area contributed by atoms with Crippen molar-refractivity contribution < 1.29 is 9.59 Å². The van der Waals surface area contributed by atoms with Crippen molar-refractivity contribution in [3.05, 3.63) is 57.5 Å². The molecular formula is C24H26ClN5O2S. The normalized spacial score (nSPS) is 19.1. The van der Waals surface area contributed by atoms with Crippen LogP contribution in [0.25, 0.3) is 17.0 Å². The largest absolute Gasteiger partial charge is 0.383 e. The van der Waals surface area contributed by atoms with Crippen molar-refractivity contribution in [3.63, 3.8) is 0 Å².